The van der Waals surface area contributed by atoms with Gasteiger partial charge in [0.1, 0.15) is 0 Å². The molecule has 0 aliphatic heterocycles. The normalized spacial score (nSPS) is 13.3. The first-order valence-corrected chi connectivity index (χ1v) is 7.10. The van der Waals surface area contributed by atoms with Crippen molar-refractivity contribution >= 4 is 28.1 Å². The number of anilines is 2. The van der Waals surface area contributed by atoms with Crippen molar-refractivity contribution in [3.8, 4) is 0 Å². The van der Waals surface area contributed by atoms with Crippen LogP contribution in [0.2, 0.25) is 0 Å². The van der Waals surface area contributed by atoms with Gasteiger partial charge in [0, 0.05) is 16.1 Å². The molecule has 2 aromatic rings. The summed E-state index contributed by atoms with van der Waals surface area (Å²) >= 11 is 1.58. The smallest absolute Gasteiger partial charge is 0.257 e. The summed E-state index contributed by atoms with van der Waals surface area (Å²) in [6, 6.07) is 5.35. The third-order valence-electron chi connectivity index (χ3n) is 3.18. The molecule has 0 unspecified atom stereocenters. The molecule has 19 heavy (non-hydrogen) atoms. The van der Waals surface area contributed by atoms with Crippen LogP contribution in [0.1, 0.15) is 32.9 Å². The van der Waals surface area contributed by atoms with E-state index in [1.807, 2.05) is 19.1 Å². The van der Waals surface area contributed by atoms with Crippen molar-refractivity contribution in [3.05, 3.63) is 39.9 Å². The lowest BCUT2D eigenvalue weighted by Gasteiger charge is -2.04. The Balaban J connectivity index is 1.80. The molecular formula is C14H15N3OS. The Morgan fingerprint density at radius 3 is 2.95 bits per heavy atom. The van der Waals surface area contributed by atoms with Crippen LogP contribution in [0.5, 0.6) is 0 Å². The summed E-state index contributed by atoms with van der Waals surface area (Å²) in [6.45, 7) is 1.92. The minimum Gasteiger partial charge on any atom is -0.399 e. The van der Waals surface area contributed by atoms with Gasteiger partial charge in [0.05, 0.1) is 5.69 Å². The Hall–Kier alpha value is -1.88. The van der Waals surface area contributed by atoms with Crippen LogP contribution in [0, 0.1) is 6.92 Å². The van der Waals surface area contributed by atoms with Crippen LogP contribution in [0.15, 0.2) is 18.2 Å². The van der Waals surface area contributed by atoms with E-state index >= 15 is 0 Å². The molecule has 0 spiro atoms. The minimum atomic E-state index is -0.150. The van der Waals surface area contributed by atoms with E-state index in [4.69, 9.17) is 5.73 Å². The number of rotatable bonds is 2. The van der Waals surface area contributed by atoms with E-state index < -0.39 is 0 Å². The monoisotopic (exact) mass is 273 g/mol. The number of amides is 1. The lowest BCUT2D eigenvalue weighted by molar-refractivity contribution is 0.102. The van der Waals surface area contributed by atoms with Crippen LogP contribution in [0.25, 0.3) is 0 Å². The second-order valence-corrected chi connectivity index (χ2v) is 5.91. The van der Waals surface area contributed by atoms with Gasteiger partial charge in [0.2, 0.25) is 0 Å². The van der Waals surface area contributed by atoms with Crippen molar-refractivity contribution in [2.24, 2.45) is 0 Å². The molecule has 1 heterocycles. The second-order valence-electron chi connectivity index (χ2n) is 4.83. The van der Waals surface area contributed by atoms with Gasteiger partial charge in [-0.15, -0.1) is 11.3 Å². The molecule has 3 N–H and O–H groups in total. The number of thiazole rings is 1. The van der Waals surface area contributed by atoms with Crippen molar-refractivity contribution in [3.63, 3.8) is 0 Å². The predicted octanol–water partition coefficient (Wildman–Crippen LogP) is 2.77. The van der Waals surface area contributed by atoms with Gasteiger partial charge in [-0.1, -0.05) is 0 Å². The maximum absolute atomic E-state index is 12.1. The molecule has 0 saturated heterocycles. The van der Waals surface area contributed by atoms with Crippen molar-refractivity contribution < 1.29 is 4.79 Å². The molecule has 98 valence electrons. The standard InChI is InChI=1S/C14H15N3OS/c1-8-5-9(7-10(15)6-8)13(18)17-14-16-11-3-2-4-12(11)19-14/h5-7H,2-4,15H2,1H3,(H,16,17,18). The molecule has 4 nitrogen and oxygen atoms in total. The molecule has 1 aliphatic carbocycles. The van der Waals surface area contributed by atoms with Crippen LogP contribution in [-0.4, -0.2) is 10.9 Å². The quantitative estimate of drug-likeness (QED) is 0.827. The number of carbonyl (C=O) groups is 1. The number of hydrogen-bond acceptors (Lipinski definition) is 4. The topological polar surface area (TPSA) is 68.0 Å². The number of nitrogens with zero attached hydrogens (tertiary/aromatic N) is 1. The zero-order chi connectivity index (χ0) is 13.4. The second kappa shape index (κ2) is 4.66. The summed E-state index contributed by atoms with van der Waals surface area (Å²) in [6.07, 6.45) is 3.29. The molecule has 5 heteroatoms. The number of nitrogen functional groups attached to an aromatic ring is 1. The molecular weight excluding hydrogens is 258 g/mol. The molecule has 3 rings (SSSR count). The zero-order valence-electron chi connectivity index (χ0n) is 10.7. The Morgan fingerprint density at radius 2 is 2.21 bits per heavy atom. The first-order chi connectivity index (χ1) is 9.11. The average molecular weight is 273 g/mol. The Labute approximate surface area is 115 Å². The van der Waals surface area contributed by atoms with Crippen LogP contribution in [0.4, 0.5) is 10.8 Å². The van der Waals surface area contributed by atoms with Crippen LogP contribution in [0.3, 0.4) is 0 Å². The average Bonchev–Trinajstić information content (AvgIpc) is 2.88. The van der Waals surface area contributed by atoms with Crippen molar-refractivity contribution in [2.45, 2.75) is 26.2 Å². The fraction of sp³-hybridized carbons (Fsp3) is 0.286. The van der Waals surface area contributed by atoms with Crippen molar-refractivity contribution in [1.82, 2.24) is 4.98 Å². The maximum Gasteiger partial charge on any atom is 0.257 e. The molecule has 0 saturated carbocycles. The third kappa shape index (κ3) is 2.46. The first kappa shape index (κ1) is 12.2. The van der Waals surface area contributed by atoms with E-state index in [0.717, 1.165) is 24.1 Å². The number of carbonyl (C=O) groups excluding carboxylic acids is 1. The van der Waals surface area contributed by atoms with E-state index in [1.165, 1.54) is 11.3 Å². The van der Waals surface area contributed by atoms with Crippen LogP contribution < -0.4 is 11.1 Å². The van der Waals surface area contributed by atoms with Gasteiger partial charge >= 0.3 is 0 Å². The summed E-state index contributed by atoms with van der Waals surface area (Å²) in [5, 5.41) is 3.54. The van der Waals surface area contributed by atoms with E-state index in [-0.39, 0.29) is 5.91 Å². The fourth-order valence-corrected chi connectivity index (χ4v) is 3.40. The number of nitrogens with one attached hydrogen (secondary N) is 1. The highest BCUT2D eigenvalue weighted by atomic mass is 32.1. The van der Waals surface area contributed by atoms with Crippen LogP contribution in [-0.2, 0) is 12.8 Å². The van der Waals surface area contributed by atoms with Gasteiger partial charge in [0.15, 0.2) is 5.13 Å². The summed E-state index contributed by atoms with van der Waals surface area (Å²) in [5.74, 6) is -0.150. The summed E-state index contributed by atoms with van der Waals surface area (Å²) in [7, 11) is 0. The summed E-state index contributed by atoms with van der Waals surface area (Å²) in [5.41, 5.74) is 9.06. The molecule has 0 bridgehead atoms. The lowest BCUT2D eigenvalue weighted by atomic mass is 10.1. The van der Waals surface area contributed by atoms with Gasteiger partial charge in [-0.3, -0.25) is 10.1 Å². The number of hydrogen-bond donors (Lipinski definition) is 2. The maximum atomic E-state index is 12.1. The molecule has 1 aromatic heterocycles. The van der Waals surface area contributed by atoms with Gasteiger partial charge in [-0.2, -0.15) is 0 Å². The van der Waals surface area contributed by atoms with Crippen molar-refractivity contribution in [1.29, 1.82) is 0 Å². The van der Waals surface area contributed by atoms with E-state index in [1.54, 1.807) is 17.4 Å². The highest BCUT2D eigenvalue weighted by Crippen LogP contribution is 2.30. The van der Waals surface area contributed by atoms with E-state index in [9.17, 15) is 4.79 Å². The molecule has 1 aromatic carbocycles. The first-order valence-electron chi connectivity index (χ1n) is 6.29. The number of aromatic nitrogens is 1. The van der Waals surface area contributed by atoms with Gasteiger partial charge in [-0.25, -0.2) is 4.98 Å². The molecule has 0 radical (unpaired) electrons. The van der Waals surface area contributed by atoms with Gasteiger partial charge < -0.3 is 5.73 Å². The Morgan fingerprint density at radius 1 is 1.37 bits per heavy atom. The summed E-state index contributed by atoms with van der Waals surface area (Å²) < 4.78 is 0. The Bertz CT molecular complexity index is 606. The summed E-state index contributed by atoms with van der Waals surface area (Å²) in [4.78, 5) is 17.9. The predicted molar refractivity (Wildman–Crippen MR) is 77.7 cm³/mol. The molecule has 1 aliphatic rings. The fourth-order valence-electron chi connectivity index (χ4n) is 2.36. The number of aryl methyl sites for hydroxylation is 3. The highest BCUT2D eigenvalue weighted by Gasteiger charge is 2.18. The number of benzene rings is 1. The zero-order valence-corrected chi connectivity index (χ0v) is 11.5. The third-order valence-corrected chi connectivity index (χ3v) is 4.25. The van der Waals surface area contributed by atoms with E-state index in [0.29, 0.717) is 16.4 Å². The highest BCUT2D eigenvalue weighted by molar-refractivity contribution is 7.15. The van der Waals surface area contributed by atoms with Gasteiger partial charge in [-0.05, 0) is 49.9 Å². The molecule has 0 fully saturated rings. The lowest BCUT2D eigenvalue weighted by Crippen LogP contribution is -2.12. The van der Waals surface area contributed by atoms with E-state index in [2.05, 4.69) is 10.3 Å². The van der Waals surface area contributed by atoms with Crippen LogP contribution >= 0.6 is 11.3 Å². The minimum absolute atomic E-state index is 0.150. The number of fused-ring (bicyclic) bond motifs is 1. The molecule has 1 amide bonds. The largest absolute Gasteiger partial charge is 0.399 e. The number of nitrogens with two attached hydrogens (primary N) is 1. The molecule has 0 atom stereocenters. The van der Waals surface area contributed by atoms with Gasteiger partial charge in [0.25, 0.3) is 5.91 Å². The Kier molecular flexibility index (Phi) is 2.98. The van der Waals surface area contributed by atoms with Crippen molar-refractivity contribution in [2.75, 3.05) is 11.1 Å². The SMILES string of the molecule is Cc1cc(N)cc(C(=O)Nc2nc3c(s2)CCC3)c1.